The van der Waals surface area contributed by atoms with Crippen LogP contribution in [0.3, 0.4) is 0 Å². The van der Waals surface area contributed by atoms with E-state index in [1.165, 1.54) is 0 Å². The summed E-state index contributed by atoms with van der Waals surface area (Å²) in [6.07, 6.45) is 0. The van der Waals surface area contributed by atoms with Gasteiger partial charge in [-0.3, -0.25) is 8.42 Å². The first-order chi connectivity index (χ1) is 4.00. The van der Waals surface area contributed by atoms with Crippen molar-refractivity contribution in [2.24, 2.45) is 0 Å². The second-order valence-electron chi connectivity index (χ2n) is 0.908. The van der Waals surface area contributed by atoms with Crippen LogP contribution >= 0.6 is 0 Å². The molecule has 0 saturated heterocycles. The van der Waals surface area contributed by atoms with Gasteiger partial charge in [-0.25, -0.2) is 0 Å². The minimum atomic E-state index is -5.61. The fraction of sp³-hybridized carbons (Fsp3) is 0. The van der Waals surface area contributed by atoms with Crippen LogP contribution in [0.4, 0.5) is 0 Å². The molecule has 0 atom stereocenters. The minimum Gasteiger partial charge on any atom is -0.894 e. The number of rotatable bonds is 0. The molecule has 0 aliphatic heterocycles. The van der Waals surface area contributed by atoms with Crippen molar-refractivity contribution >= 4 is 36.8 Å². The molecule has 0 rings (SSSR count). The second kappa shape index (κ2) is 8.57. The number of hydrogen-bond acceptors (Lipinski definition) is 8. The number of hydrogen-bond donors (Lipinski definition) is 0. The zero-order chi connectivity index (χ0) is 9.00. The van der Waals surface area contributed by atoms with E-state index < -0.39 is 19.4 Å². The summed E-state index contributed by atoms with van der Waals surface area (Å²) in [6.45, 7) is 0. The van der Waals surface area contributed by atoms with E-state index in [1.54, 1.807) is 0 Å². The van der Waals surface area contributed by atoms with E-state index in [0.717, 1.165) is 0 Å². The van der Waals surface area contributed by atoms with Crippen molar-refractivity contribution < 1.29 is 53.8 Å². The maximum absolute atomic E-state index is 8.58. The molecule has 0 N–H and O–H groups in total. The summed E-state index contributed by atoms with van der Waals surface area (Å²) >= 11 is 0. The fourth-order valence-corrected chi connectivity index (χ4v) is 0. The smallest absolute Gasteiger partial charge is 0.894 e. The van der Waals surface area contributed by atoms with Gasteiger partial charge >= 0.3 is 34.4 Å². The summed E-state index contributed by atoms with van der Waals surface area (Å²) in [6, 6.07) is 0. The van der Waals surface area contributed by atoms with Crippen LogP contribution in [0.2, 0.25) is 0 Å². The van der Waals surface area contributed by atoms with Gasteiger partial charge in [-0.2, -0.15) is 0 Å². The molecule has 0 unspecified atom stereocenters. The third kappa shape index (κ3) is 1140. The van der Waals surface area contributed by atoms with Crippen LogP contribution in [0, 0.1) is 0 Å². The molecular weight excluding hydrogens is 271 g/mol. The molecule has 0 aromatic heterocycles. The van der Waals surface area contributed by atoms with Crippen LogP contribution < -0.4 is 19.2 Å². The van der Waals surface area contributed by atoms with E-state index in [4.69, 9.17) is 36.7 Å². The van der Waals surface area contributed by atoms with Gasteiger partial charge in [0.25, 0.3) is 0 Å². The van der Waals surface area contributed by atoms with Crippen LogP contribution in [0.15, 0.2) is 0 Å². The Morgan fingerprint density at radius 3 is 0.917 bits per heavy atom. The standard InChI is InChI=1S/Al.Fe.H2O4S.O4Si/c;;2*1-5(2,3)4/h;;(H2,1,2,3,4);/q2*+3;;-4/p-2. The molecule has 8 nitrogen and oxygen atoms in total. The normalized spacial score (nSPS) is 9.83. The van der Waals surface area contributed by atoms with Gasteiger partial charge in [0.05, 0.1) is 0 Å². The average Bonchev–Trinajstić information content (AvgIpc) is 1.12. The van der Waals surface area contributed by atoms with E-state index >= 15 is 0 Å². The van der Waals surface area contributed by atoms with Gasteiger partial charge in [-0.1, -0.05) is 0 Å². The summed E-state index contributed by atoms with van der Waals surface area (Å²) < 4.78 is 34.1. The predicted octanol–water partition coefficient (Wildman–Crippen LogP) is -6.86. The minimum absolute atomic E-state index is 0. The third-order valence-corrected chi connectivity index (χ3v) is 0. The van der Waals surface area contributed by atoms with E-state index in [1.807, 2.05) is 0 Å². The molecule has 1 radical (unpaired) electrons. The monoisotopic (exact) mass is 271 g/mol. The van der Waals surface area contributed by atoms with Crippen molar-refractivity contribution in [2.75, 3.05) is 0 Å². The molecule has 0 aliphatic rings. The first kappa shape index (κ1) is 23.1. The van der Waals surface area contributed by atoms with Gasteiger partial charge in [0.15, 0.2) is 0 Å². The SMILES string of the molecule is O=S(=O)([O-])[O-].[Al+3].[Fe+3].[O-][Si]([O-])([O-])[O-]. The molecular formula is AlFeO8SSi. The Labute approximate surface area is 90.5 Å². The van der Waals surface area contributed by atoms with Crippen LogP contribution in [0.25, 0.3) is 0 Å². The van der Waals surface area contributed by atoms with Gasteiger partial charge in [-0.05, 0) is 0 Å². The van der Waals surface area contributed by atoms with Gasteiger partial charge in [0.2, 0.25) is 0 Å². The Bertz CT molecular complexity index is 154. The first-order valence-corrected chi connectivity index (χ1v) is 4.45. The van der Waals surface area contributed by atoms with Crippen molar-refractivity contribution in [3.05, 3.63) is 0 Å². The van der Waals surface area contributed by atoms with Crippen molar-refractivity contribution in [3.63, 3.8) is 0 Å². The summed E-state index contributed by atoms with van der Waals surface area (Å²) in [5.41, 5.74) is 0. The Kier molecular flexibility index (Phi) is 16.5. The van der Waals surface area contributed by atoms with E-state index in [9.17, 15) is 0 Å². The molecule has 69 valence electrons. The van der Waals surface area contributed by atoms with E-state index in [-0.39, 0.29) is 34.4 Å². The molecule has 0 fully saturated rings. The van der Waals surface area contributed by atoms with Gasteiger partial charge < -0.3 is 37.3 Å². The molecule has 12 heteroatoms. The van der Waals surface area contributed by atoms with E-state index in [2.05, 4.69) is 0 Å². The summed E-state index contributed by atoms with van der Waals surface area (Å²) in [5.74, 6) is 0. The van der Waals surface area contributed by atoms with E-state index in [0.29, 0.717) is 0 Å². The zero-order valence-corrected chi connectivity index (χ0v) is 9.18. The van der Waals surface area contributed by atoms with Gasteiger partial charge in [-0.15, -0.1) is 0 Å². The summed E-state index contributed by atoms with van der Waals surface area (Å²) in [5, 5.41) is 0. The molecule has 0 amide bonds. The molecule has 0 aromatic rings. The second-order valence-corrected chi connectivity index (χ2v) is 2.72. The van der Waals surface area contributed by atoms with Crippen molar-refractivity contribution in [2.45, 2.75) is 0 Å². The third-order valence-electron chi connectivity index (χ3n) is 0. The Morgan fingerprint density at radius 1 is 0.917 bits per heavy atom. The Balaban J connectivity index is -0.0000000457. The predicted molar refractivity (Wildman–Crippen MR) is 22.0 cm³/mol. The molecule has 0 saturated carbocycles. The molecule has 0 aliphatic carbocycles. The maximum atomic E-state index is 8.58. The summed E-state index contributed by atoms with van der Waals surface area (Å²) in [4.78, 5) is 34.3. The average molecular weight is 271 g/mol. The zero-order valence-electron chi connectivity index (χ0n) is 5.11. The molecule has 0 aromatic carbocycles. The van der Waals surface area contributed by atoms with Gasteiger partial charge in [0, 0.05) is 10.4 Å². The first-order valence-electron chi connectivity index (χ1n) is 1.48. The quantitative estimate of drug-likeness (QED) is 0.237. The van der Waals surface area contributed by atoms with Crippen LogP contribution in [0.5, 0.6) is 0 Å². The fourth-order valence-electron chi connectivity index (χ4n) is 0. The largest absolute Gasteiger partial charge is 3.00 e. The molecule has 0 bridgehead atoms. The van der Waals surface area contributed by atoms with Crippen molar-refractivity contribution in [1.29, 1.82) is 0 Å². The molecule has 0 heterocycles. The van der Waals surface area contributed by atoms with Crippen LogP contribution in [-0.4, -0.2) is 43.9 Å². The van der Waals surface area contributed by atoms with Gasteiger partial charge in [0.1, 0.15) is 0 Å². The van der Waals surface area contributed by atoms with Crippen molar-refractivity contribution in [1.82, 2.24) is 0 Å². The molecule has 12 heavy (non-hydrogen) atoms. The maximum Gasteiger partial charge on any atom is 3.00 e. The van der Waals surface area contributed by atoms with Crippen LogP contribution in [-0.2, 0) is 27.5 Å². The topological polar surface area (TPSA) is 172 Å². The molecule has 0 spiro atoms. The summed E-state index contributed by atoms with van der Waals surface area (Å²) in [7, 11) is -10.8. The van der Waals surface area contributed by atoms with Crippen LogP contribution in [0.1, 0.15) is 0 Å². The van der Waals surface area contributed by atoms with Crippen molar-refractivity contribution in [3.8, 4) is 0 Å². The Morgan fingerprint density at radius 2 is 0.917 bits per heavy atom. The Hall–Kier alpha value is 0.979.